The Morgan fingerprint density at radius 2 is 2.13 bits per heavy atom. The van der Waals surface area contributed by atoms with Crippen LogP contribution in [0, 0.1) is 12.8 Å². The number of hydrogen-bond donors (Lipinski definition) is 2. The van der Waals surface area contributed by atoms with Gasteiger partial charge in [-0.15, -0.1) is 0 Å². The van der Waals surface area contributed by atoms with Gasteiger partial charge in [0.1, 0.15) is 0 Å². The fourth-order valence-corrected chi connectivity index (χ4v) is 1.22. The number of rotatable bonds is 3. The summed E-state index contributed by atoms with van der Waals surface area (Å²) in [6.07, 6.45) is 0. The van der Waals surface area contributed by atoms with E-state index in [1.165, 1.54) is 0 Å². The van der Waals surface area contributed by atoms with Gasteiger partial charge in [-0.1, -0.05) is 13.8 Å². The van der Waals surface area contributed by atoms with Gasteiger partial charge in [-0.2, -0.15) is 0 Å². The highest BCUT2D eigenvalue weighted by Crippen LogP contribution is 2.12. The van der Waals surface area contributed by atoms with Crippen LogP contribution in [0.4, 0.5) is 5.69 Å². The zero-order chi connectivity index (χ0) is 11.4. The van der Waals surface area contributed by atoms with Crippen molar-refractivity contribution < 1.29 is 4.79 Å². The van der Waals surface area contributed by atoms with Crippen LogP contribution in [0.15, 0.2) is 18.2 Å². The molecule has 0 unspecified atom stereocenters. The number of hydrogen-bond acceptors (Lipinski definition) is 2. The Morgan fingerprint density at radius 1 is 1.47 bits per heavy atom. The standard InChI is InChI=1S/C12H18N2O/c1-8(2)7-14-12(15)10-4-5-11(13)9(3)6-10/h4-6,8H,7,13H2,1-3H3,(H,14,15). The number of nitrogen functional groups attached to an aromatic ring is 1. The molecule has 82 valence electrons. The predicted octanol–water partition coefficient (Wildman–Crippen LogP) is 1.96. The maximum atomic E-state index is 11.7. The number of carbonyl (C=O) groups is 1. The van der Waals surface area contributed by atoms with Gasteiger partial charge in [0.15, 0.2) is 0 Å². The molecule has 3 nitrogen and oxygen atoms in total. The van der Waals surface area contributed by atoms with E-state index in [1.807, 2.05) is 13.0 Å². The monoisotopic (exact) mass is 206 g/mol. The predicted molar refractivity (Wildman–Crippen MR) is 62.8 cm³/mol. The quantitative estimate of drug-likeness (QED) is 0.743. The van der Waals surface area contributed by atoms with E-state index in [-0.39, 0.29) is 5.91 Å². The molecule has 1 amide bonds. The molecule has 0 aromatic heterocycles. The lowest BCUT2D eigenvalue weighted by Gasteiger charge is -2.08. The molecular formula is C12H18N2O. The molecule has 0 saturated carbocycles. The Labute approximate surface area is 90.7 Å². The molecule has 0 aliphatic heterocycles. The van der Waals surface area contributed by atoms with Crippen molar-refractivity contribution in [2.75, 3.05) is 12.3 Å². The molecule has 3 N–H and O–H groups in total. The smallest absolute Gasteiger partial charge is 0.251 e. The molecule has 0 fully saturated rings. The van der Waals surface area contributed by atoms with Crippen molar-refractivity contribution in [3.63, 3.8) is 0 Å². The fraction of sp³-hybridized carbons (Fsp3) is 0.417. The van der Waals surface area contributed by atoms with Gasteiger partial charge in [-0.25, -0.2) is 0 Å². The van der Waals surface area contributed by atoms with Crippen LogP contribution in [0.3, 0.4) is 0 Å². The third kappa shape index (κ3) is 3.27. The van der Waals surface area contributed by atoms with Crippen LogP contribution >= 0.6 is 0 Å². The van der Waals surface area contributed by atoms with Crippen LogP contribution in [0.5, 0.6) is 0 Å². The molecule has 0 heterocycles. The van der Waals surface area contributed by atoms with Crippen molar-refractivity contribution in [3.05, 3.63) is 29.3 Å². The van der Waals surface area contributed by atoms with Gasteiger partial charge < -0.3 is 11.1 Å². The second kappa shape index (κ2) is 4.82. The van der Waals surface area contributed by atoms with E-state index < -0.39 is 0 Å². The van der Waals surface area contributed by atoms with Crippen LogP contribution in [0.25, 0.3) is 0 Å². The number of carbonyl (C=O) groups excluding carboxylic acids is 1. The average molecular weight is 206 g/mol. The molecule has 15 heavy (non-hydrogen) atoms. The van der Waals surface area contributed by atoms with Crippen molar-refractivity contribution >= 4 is 11.6 Å². The molecule has 0 aliphatic rings. The lowest BCUT2D eigenvalue weighted by Crippen LogP contribution is -2.27. The minimum Gasteiger partial charge on any atom is -0.399 e. The summed E-state index contributed by atoms with van der Waals surface area (Å²) in [5.74, 6) is 0.427. The zero-order valence-electron chi connectivity index (χ0n) is 9.50. The Kier molecular flexibility index (Phi) is 3.72. The van der Waals surface area contributed by atoms with Crippen molar-refractivity contribution in [3.8, 4) is 0 Å². The number of anilines is 1. The molecule has 1 aromatic carbocycles. The first kappa shape index (κ1) is 11.6. The minimum atomic E-state index is -0.0354. The Bertz CT molecular complexity index is 359. The van der Waals surface area contributed by atoms with Gasteiger partial charge in [0, 0.05) is 17.8 Å². The molecule has 0 radical (unpaired) electrons. The SMILES string of the molecule is Cc1cc(C(=O)NCC(C)C)ccc1N. The summed E-state index contributed by atoms with van der Waals surface area (Å²) in [5.41, 5.74) is 8.00. The van der Waals surface area contributed by atoms with Crippen LogP contribution in [-0.2, 0) is 0 Å². The number of benzene rings is 1. The summed E-state index contributed by atoms with van der Waals surface area (Å²) in [6.45, 7) is 6.72. The number of nitrogens with one attached hydrogen (secondary N) is 1. The van der Waals surface area contributed by atoms with Gasteiger partial charge in [0.25, 0.3) is 5.91 Å². The van der Waals surface area contributed by atoms with Crippen molar-refractivity contribution in [1.29, 1.82) is 0 Å². The maximum absolute atomic E-state index is 11.7. The van der Waals surface area contributed by atoms with Gasteiger partial charge >= 0.3 is 0 Å². The first-order valence-electron chi connectivity index (χ1n) is 5.15. The minimum absolute atomic E-state index is 0.0354. The van der Waals surface area contributed by atoms with Crippen molar-refractivity contribution in [2.24, 2.45) is 5.92 Å². The van der Waals surface area contributed by atoms with Crippen LogP contribution in [0.2, 0.25) is 0 Å². The van der Waals surface area contributed by atoms with E-state index in [2.05, 4.69) is 19.2 Å². The molecular weight excluding hydrogens is 188 g/mol. The zero-order valence-corrected chi connectivity index (χ0v) is 9.50. The largest absolute Gasteiger partial charge is 0.399 e. The lowest BCUT2D eigenvalue weighted by atomic mass is 10.1. The van der Waals surface area contributed by atoms with E-state index in [1.54, 1.807) is 12.1 Å². The summed E-state index contributed by atoms with van der Waals surface area (Å²) >= 11 is 0. The Hall–Kier alpha value is -1.51. The Balaban J connectivity index is 2.70. The summed E-state index contributed by atoms with van der Waals surface area (Å²) in [7, 11) is 0. The number of amides is 1. The van der Waals surface area contributed by atoms with Crippen LogP contribution < -0.4 is 11.1 Å². The van der Waals surface area contributed by atoms with Crippen molar-refractivity contribution in [1.82, 2.24) is 5.32 Å². The summed E-state index contributed by atoms with van der Waals surface area (Å²) in [4.78, 5) is 11.7. The highest BCUT2D eigenvalue weighted by molar-refractivity contribution is 5.94. The highest BCUT2D eigenvalue weighted by atomic mass is 16.1. The van der Waals surface area contributed by atoms with E-state index >= 15 is 0 Å². The van der Waals surface area contributed by atoms with Gasteiger partial charge in [0.2, 0.25) is 0 Å². The molecule has 3 heteroatoms. The van der Waals surface area contributed by atoms with E-state index in [0.717, 1.165) is 11.3 Å². The fourth-order valence-electron chi connectivity index (χ4n) is 1.22. The molecule has 1 rings (SSSR count). The molecule has 1 aromatic rings. The normalized spacial score (nSPS) is 10.4. The first-order chi connectivity index (χ1) is 7.00. The van der Waals surface area contributed by atoms with Crippen molar-refractivity contribution in [2.45, 2.75) is 20.8 Å². The number of aryl methyl sites for hydroxylation is 1. The summed E-state index contributed by atoms with van der Waals surface area (Å²) < 4.78 is 0. The topological polar surface area (TPSA) is 55.1 Å². The summed E-state index contributed by atoms with van der Waals surface area (Å²) in [6, 6.07) is 5.32. The second-order valence-electron chi connectivity index (χ2n) is 4.18. The average Bonchev–Trinajstić information content (AvgIpc) is 2.18. The van der Waals surface area contributed by atoms with E-state index in [4.69, 9.17) is 5.73 Å². The lowest BCUT2D eigenvalue weighted by molar-refractivity contribution is 0.0949. The van der Waals surface area contributed by atoms with Gasteiger partial charge in [0.05, 0.1) is 0 Å². The molecule has 0 saturated heterocycles. The number of nitrogens with two attached hydrogens (primary N) is 1. The third-order valence-electron chi connectivity index (χ3n) is 2.20. The van der Waals surface area contributed by atoms with E-state index in [0.29, 0.717) is 18.0 Å². The maximum Gasteiger partial charge on any atom is 0.251 e. The first-order valence-corrected chi connectivity index (χ1v) is 5.15. The molecule has 0 aliphatic carbocycles. The van der Waals surface area contributed by atoms with Crippen LogP contribution in [0.1, 0.15) is 29.8 Å². The van der Waals surface area contributed by atoms with Gasteiger partial charge in [-0.3, -0.25) is 4.79 Å². The second-order valence-corrected chi connectivity index (χ2v) is 4.18. The van der Waals surface area contributed by atoms with E-state index in [9.17, 15) is 4.79 Å². The molecule has 0 atom stereocenters. The molecule has 0 bridgehead atoms. The molecule has 0 spiro atoms. The highest BCUT2D eigenvalue weighted by Gasteiger charge is 2.06. The third-order valence-corrected chi connectivity index (χ3v) is 2.20. The Morgan fingerprint density at radius 3 is 2.67 bits per heavy atom. The van der Waals surface area contributed by atoms with Crippen LogP contribution in [-0.4, -0.2) is 12.5 Å². The van der Waals surface area contributed by atoms with Gasteiger partial charge in [-0.05, 0) is 36.6 Å². The summed E-state index contributed by atoms with van der Waals surface area (Å²) in [5, 5.41) is 2.87.